The molecule has 0 spiro atoms. The lowest BCUT2D eigenvalue weighted by Crippen LogP contribution is -2.58. The summed E-state index contributed by atoms with van der Waals surface area (Å²) in [6.07, 6.45) is 1.43. The molecule has 2 unspecified atom stereocenters. The molecule has 1 aliphatic carbocycles. The lowest BCUT2D eigenvalue weighted by atomic mass is 9.64. The van der Waals surface area contributed by atoms with Gasteiger partial charge in [-0.2, -0.15) is 0 Å². The Kier molecular flexibility index (Phi) is 4.35. The summed E-state index contributed by atoms with van der Waals surface area (Å²) >= 11 is 0. The lowest BCUT2D eigenvalue weighted by molar-refractivity contribution is -0.0975. The van der Waals surface area contributed by atoms with Crippen molar-refractivity contribution in [1.29, 1.82) is 0 Å². The summed E-state index contributed by atoms with van der Waals surface area (Å²) in [6, 6.07) is 8.63. The van der Waals surface area contributed by atoms with Gasteiger partial charge < -0.3 is 14.8 Å². The van der Waals surface area contributed by atoms with Crippen LogP contribution in [-0.4, -0.2) is 25.4 Å². The molecule has 1 aliphatic rings. The van der Waals surface area contributed by atoms with E-state index >= 15 is 0 Å². The minimum absolute atomic E-state index is 0.178. The third kappa shape index (κ3) is 3.03. The summed E-state index contributed by atoms with van der Waals surface area (Å²) in [5.74, 6) is 0.922. The smallest absolute Gasteiger partial charge is 0.121 e. The first-order chi connectivity index (χ1) is 9.07. The van der Waals surface area contributed by atoms with E-state index in [1.54, 1.807) is 0 Å². The maximum absolute atomic E-state index is 5.76. The first kappa shape index (κ1) is 14.2. The van der Waals surface area contributed by atoms with E-state index in [2.05, 4.69) is 38.2 Å². The molecule has 19 heavy (non-hydrogen) atoms. The third-order valence-electron chi connectivity index (χ3n) is 4.03. The van der Waals surface area contributed by atoms with Gasteiger partial charge in [-0.25, -0.2) is 0 Å². The van der Waals surface area contributed by atoms with Crippen LogP contribution in [-0.2, 0) is 4.74 Å². The molecule has 3 nitrogen and oxygen atoms in total. The fourth-order valence-electron chi connectivity index (χ4n) is 2.66. The van der Waals surface area contributed by atoms with Gasteiger partial charge in [-0.1, -0.05) is 19.9 Å². The van der Waals surface area contributed by atoms with Gasteiger partial charge in [0, 0.05) is 29.8 Å². The highest BCUT2D eigenvalue weighted by atomic mass is 16.5. The molecule has 0 bridgehead atoms. The fraction of sp³-hybridized carbons (Fsp3) is 0.625. The number of benzene rings is 1. The minimum atomic E-state index is 0.178. The summed E-state index contributed by atoms with van der Waals surface area (Å²) < 4.78 is 11.3. The maximum atomic E-state index is 5.76. The van der Waals surface area contributed by atoms with E-state index in [1.807, 2.05) is 19.1 Å². The van der Waals surface area contributed by atoms with Crippen molar-refractivity contribution in [2.24, 2.45) is 5.41 Å². The Morgan fingerprint density at radius 2 is 2.05 bits per heavy atom. The van der Waals surface area contributed by atoms with Gasteiger partial charge >= 0.3 is 0 Å². The van der Waals surface area contributed by atoms with Gasteiger partial charge in [-0.05, 0) is 32.4 Å². The van der Waals surface area contributed by atoms with E-state index in [1.165, 1.54) is 0 Å². The van der Waals surface area contributed by atoms with Crippen LogP contribution in [0.3, 0.4) is 0 Å². The molecule has 0 radical (unpaired) electrons. The third-order valence-corrected chi connectivity index (χ3v) is 4.03. The molecule has 1 saturated carbocycles. The molecule has 2 atom stereocenters. The normalized spacial score (nSPS) is 24.6. The summed E-state index contributed by atoms with van der Waals surface area (Å²) in [7, 11) is 0. The van der Waals surface area contributed by atoms with Crippen molar-refractivity contribution >= 4 is 5.69 Å². The zero-order valence-corrected chi connectivity index (χ0v) is 12.4. The van der Waals surface area contributed by atoms with Gasteiger partial charge in [-0.3, -0.25) is 0 Å². The number of hydrogen-bond acceptors (Lipinski definition) is 3. The van der Waals surface area contributed by atoms with E-state index in [-0.39, 0.29) is 5.41 Å². The van der Waals surface area contributed by atoms with Crippen LogP contribution in [0.2, 0.25) is 0 Å². The minimum Gasteiger partial charge on any atom is -0.494 e. The fourth-order valence-corrected chi connectivity index (χ4v) is 2.66. The molecule has 1 fully saturated rings. The van der Waals surface area contributed by atoms with Gasteiger partial charge in [0.1, 0.15) is 5.75 Å². The average molecular weight is 263 g/mol. The van der Waals surface area contributed by atoms with Crippen LogP contribution in [0.15, 0.2) is 24.3 Å². The Hall–Kier alpha value is -1.22. The zero-order valence-electron chi connectivity index (χ0n) is 12.4. The van der Waals surface area contributed by atoms with Gasteiger partial charge in [0.15, 0.2) is 0 Å². The Bertz CT molecular complexity index is 417. The quantitative estimate of drug-likeness (QED) is 0.849. The molecule has 0 heterocycles. The van der Waals surface area contributed by atoms with Crippen LogP contribution >= 0.6 is 0 Å². The Balaban J connectivity index is 1.97. The number of rotatable bonds is 6. The monoisotopic (exact) mass is 263 g/mol. The van der Waals surface area contributed by atoms with E-state index in [4.69, 9.17) is 9.47 Å². The van der Waals surface area contributed by atoms with Crippen LogP contribution in [0.5, 0.6) is 5.75 Å². The number of anilines is 1. The number of nitrogens with one attached hydrogen (secondary N) is 1. The molecule has 0 aromatic heterocycles. The van der Waals surface area contributed by atoms with Crippen molar-refractivity contribution in [3.8, 4) is 5.75 Å². The second-order valence-corrected chi connectivity index (χ2v) is 5.66. The molecular formula is C16H25NO2. The summed E-state index contributed by atoms with van der Waals surface area (Å²) in [5.41, 5.74) is 1.30. The highest BCUT2D eigenvalue weighted by Crippen LogP contribution is 2.44. The van der Waals surface area contributed by atoms with Crippen molar-refractivity contribution in [1.82, 2.24) is 0 Å². The number of ether oxygens (including phenoxy) is 2. The van der Waals surface area contributed by atoms with Gasteiger partial charge in [-0.15, -0.1) is 0 Å². The lowest BCUT2D eigenvalue weighted by Gasteiger charge is -2.52. The van der Waals surface area contributed by atoms with Crippen molar-refractivity contribution in [2.75, 3.05) is 18.5 Å². The Morgan fingerprint density at radius 1 is 1.26 bits per heavy atom. The second kappa shape index (κ2) is 5.83. The molecule has 2 rings (SSSR count). The van der Waals surface area contributed by atoms with Crippen molar-refractivity contribution < 1.29 is 9.47 Å². The van der Waals surface area contributed by atoms with E-state index < -0.39 is 0 Å². The van der Waals surface area contributed by atoms with Crippen molar-refractivity contribution in [3.05, 3.63) is 24.3 Å². The standard InChI is InChI=1S/C16H25NO2/c1-5-18-13-9-7-8-12(10-13)17-14-11-15(19-6-2)16(14,3)4/h7-10,14-15,17H,5-6,11H2,1-4H3. The van der Waals surface area contributed by atoms with Crippen LogP contribution in [0, 0.1) is 5.41 Å². The molecule has 1 aromatic carbocycles. The van der Waals surface area contributed by atoms with E-state index in [9.17, 15) is 0 Å². The molecule has 1 N–H and O–H groups in total. The van der Waals surface area contributed by atoms with E-state index in [0.29, 0.717) is 18.8 Å². The van der Waals surface area contributed by atoms with E-state index in [0.717, 1.165) is 24.5 Å². The zero-order chi connectivity index (χ0) is 13.9. The summed E-state index contributed by atoms with van der Waals surface area (Å²) in [6.45, 7) is 10.1. The topological polar surface area (TPSA) is 30.5 Å². The molecule has 106 valence electrons. The van der Waals surface area contributed by atoms with Crippen molar-refractivity contribution in [3.63, 3.8) is 0 Å². The van der Waals surface area contributed by atoms with Crippen LogP contribution in [0.25, 0.3) is 0 Å². The molecule has 0 amide bonds. The van der Waals surface area contributed by atoms with Crippen LogP contribution in [0.1, 0.15) is 34.1 Å². The molecule has 3 heteroatoms. The Labute approximate surface area is 116 Å². The van der Waals surface area contributed by atoms with Gasteiger partial charge in [0.2, 0.25) is 0 Å². The predicted molar refractivity (Wildman–Crippen MR) is 78.8 cm³/mol. The highest BCUT2D eigenvalue weighted by molar-refractivity contribution is 5.49. The highest BCUT2D eigenvalue weighted by Gasteiger charge is 2.48. The largest absolute Gasteiger partial charge is 0.494 e. The van der Waals surface area contributed by atoms with Crippen molar-refractivity contribution in [2.45, 2.75) is 46.3 Å². The first-order valence-electron chi connectivity index (χ1n) is 7.19. The molecule has 0 aliphatic heterocycles. The second-order valence-electron chi connectivity index (χ2n) is 5.66. The van der Waals surface area contributed by atoms with Gasteiger partial charge in [0.25, 0.3) is 0 Å². The summed E-state index contributed by atoms with van der Waals surface area (Å²) in [5, 5.41) is 3.60. The molecule has 1 aromatic rings. The maximum Gasteiger partial charge on any atom is 0.121 e. The van der Waals surface area contributed by atoms with Crippen LogP contribution < -0.4 is 10.1 Å². The first-order valence-corrected chi connectivity index (χ1v) is 7.19. The summed E-state index contributed by atoms with van der Waals surface area (Å²) in [4.78, 5) is 0. The molecular weight excluding hydrogens is 238 g/mol. The van der Waals surface area contributed by atoms with Gasteiger partial charge in [0.05, 0.1) is 12.7 Å². The predicted octanol–water partition coefficient (Wildman–Crippen LogP) is 3.70. The van der Waals surface area contributed by atoms with Crippen LogP contribution in [0.4, 0.5) is 5.69 Å². The SMILES string of the molecule is CCOc1cccc(NC2CC(OCC)C2(C)C)c1. The number of hydrogen-bond donors (Lipinski definition) is 1. The molecule has 0 saturated heterocycles. The Morgan fingerprint density at radius 3 is 2.68 bits per heavy atom. The average Bonchev–Trinajstić information content (AvgIpc) is 2.38.